The van der Waals surface area contributed by atoms with E-state index in [4.69, 9.17) is 0 Å². The molecule has 0 amide bonds. The summed E-state index contributed by atoms with van der Waals surface area (Å²) in [5.41, 5.74) is 1.54. The van der Waals surface area contributed by atoms with Gasteiger partial charge < -0.3 is 5.11 Å². The molecule has 4 rings (SSSR count). The Labute approximate surface area is 134 Å². The summed E-state index contributed by atoms with van der Waals surface area (Å²) in [6, 6.07) is 0. The van der Waals surface area contributed by atoms with Crippen LogP contribution in [0, 0.1) is 34.5 Å². The molecule has 4 saturated carbocycles. The van der Waals surface area contributed by atoms with E-state index in [0.29, 0.717) is 23.3 Å². The van der Waals surface area contributed by atoms with E-state index in [1.165, 1.54) is 44.9 Å². The van der Waals surface area contributed by atoms with Crippen molar-refractivity contribution in [3.05, 3.63) is 11.8 Å². The molecule has 0 aromatic rings. The number of hydrogen-bond acceptors (Lipinski definition) is 2. The van der Waals surface area contributed by atoms with Crippen molar-refractivity contribution in [1.82, 2.24) is 0 Å². The SMILES string of the molecule is C[C@@]12CCC[C@H]1[C@@H]1CC[C@H]3CC(=O)/C(=C\O)C[C@]3(C)[C@H]1CC2. The Balaban J connectivity index is 1.66. The maximum atomic E-state index is 12.2. The van der Waals surface area contributed by atoms with Gasteiger partial charge in [0, 0.05) is 12.0 Å². The third kappa shape index (κ3) is 1.88. The molecular formula is C20H30O2. The van der Waals surface area contributed by atoms with Crippen molar-refractivity contribution in [3.8, 4) is 0 Å². The lowest BCUT2D eigenvalue weighted by molar-refractivity contribution is -0.130. The fourth-order valence-corrected chi connectivity index (χ4v) is 7.12. The summed E-state index contributed by atoms with van der Waals surface area (Å²) < 4.78 is 0. The predicted molar refractivity (Wildman–Crippen MR) is 87.4 cm³/mol. The van der Waals surface area contributed by atoms with Crippen LogP contribution in [0.4, 0.5) is 0 Å². The van der Waals surface area contributed by atoms with Gasteiger partial charge in [-0.25, -0.2) is 0 Å². The van der Waals surface area contributed by atoms with Crippen LogP contribution in [-0.2, 0) is 4.79 Å². The van der Waals surface area contributed by atoms with Crippen molar-refractivity contribution < 1.29 is 9.90 Å². The summed E-state index contributed by atoms with van der Waals surface area (Å²) in [7, 11) is 0. The van der Waals surface area contributed by atoms with Gasteiger partial charge in [-0.05, 0) is 79.4 Å². The number of hydrogen-bond donors (Lipinski definition) is 1. The van der Waals surface area contributed by atoms with E-state index in [9.17, 15) is 9.90 Å². The molecule has 0 aliphatic heterocycles. The summed E-state index contributed by atoms with van der Waals surface area (Å²) in [5, 5.41) is 9.47. The summed E-state index contributed by atoms with van der Waals surface area (Å²) >= 11 is 0. The maximum Gasteiger partial charge on any atom is 0.162 e. The first-order valence-corrected chi connectivity index (χ1v) is 9.34. The molecule has 4 aliphatic rings. The molecule has 4 aliphatic carbocycles. The fraction of sp³-hybridized carbons (Fsp3) is 0.850. The van der Waals surface area contributed by atoms with Crippen LogP contribution in [0.5, 0.6) is 0 Å². The van der Waals surface area contributed by atoms with Crippen LogP contribution in [0.25, 0.3) is 0 Å². The zero-order valence-corrected chi connectivity index (χ0v) is 14.1. The molecule has 2 heteroatoms. The van der Waals surface area contributed by atoms with Crippen LogP contribution in [0.1, 0.15) is 71.6 Å². The topological polar surface area (TPSA) is 37.3 Å². The molecule has 0 unspecified atom stereocenters. The Morgan fingerprint density at radius 3 is 2.68 bits per heavy atom. The lowest BCUT2D eigenvalue weighted by atomic mass is 9.45. The Kier molecular flexibility index (Phi) is 3.26. The smallest absolute Gasteiger partial charge is 0.162 e. The molecule has 1 N–H and O–H groups in total. The van der Waals surface area contributed by atoms with Gasteiger partial charge in [-0.3, -0.25) is 4.79 Å². The van der Waals surface area contributed by atoms with Crippen molar-refractivity contribution in [1.29, 1.82) is 0 Å². The van der Waals surface area contributed by atoms with Crippen LogP contribution in [0.15, 0.2) is 11.8 Å². The van der Waals surface area contributed by atoms with Crippen molar-refractivity contribution in [2.24, 2.45) is 34.5 Å². The molecule has 0 heterocycles. The highest BCUT2D eigenvalue weighted by Gasteiger charge is 2.58. The fourth-order valence-electron chi connectivity index (χ4n) is 7.12. The number of carbonyl (C=O) groups excluding carboxylic acids is 1. The monoisotopic (exact) mass is 302 g/mol. The van der Waals surface area contributed by atoms with E-state index in [0.717, 1.165) is 30.4 Å². The quantitative estimate of drug-likeness (QED) is 0.503. The number of carbonyl (C=O) groups is 1. The molecule has 122 valence electrons. The Morgan fingerprint density at radius 1 is 1.09 bits per heavy atom. The van der Waals surface area contributed by atoms with Gasteiger partial charge in [0.1, 0.15) is 0 Å². The summed E-state index contributed by atoms with van der Waals surface area (Å²) in [6.45, 7) is 4.97. The number of allylic oxidation sites excluding steroid dienone is 1. The molecule has 2 nitrogen and oxygen atoms in total. The molecule has 0 saturated heterocycles. The Morgan fingerprint density at radius 2 is 1.91 bits per heavy atom. The molecular weight excluding hydrogens is 272 g/mol. The second-order valence-corrected chi connectivity index (χ2v) is 9.20. The number of aliphatic hydroxyl groups is 1. The minimum absolute atomic E-state index is 0.199. The van der Waals surface area contributed by atoms with Gasteiger partial charge in [0.25, 0.3) is 0 Å². The summed E-state index contributed by atoms with van der Waals surface area (Å²) in [6.07, 6.45) is 12.2. The summed E-state index contributed by atoms with van der Waals surface area (Å²) in [4.78, 5) is 12.2. The van der Waals surface area contributed by atoms with E-state index in [1.54, 1.807) is 0 Å². The number of rotatable bonds is 0. The molecule has 22 heavy (non-hydrogen) atoms. The Bertz CT molecular complexity index is 522. The largest absolute Gasteiger partial charge is 0.515 e. The third-order valence-electron chi connectivity index (χ3n) is 8.36. The summed E-state index contributed by atoms with van der Waals surface area (Å²) in [5.74, 6) is 3.31. The molecule has 0 bridgehead atoms. The number of aliphatic hydroxyl groups excluding tert-OH is 1. The van der Waals surface area contributed by atoms with E-state index in [-0.39, 0.29) is 11.2 Å². The average molecular weight is 302 g/mol. The van der Waals surface area contributed by atoms with Crippen molar-refractivity contribution in [2.75, 3.05) is 0 Å². The number of ketones is 1. The third-order valence-corrected chi connectivity index (χ3v) is 8.36. The maximum absolute atomic E-state index is 12.2. The first-order chi connectivity index (χ1) is 10.5. The molecule has 0 aromatic heterocycles. The van der Waals surface area contributed by atoms with Gasteiger partial charge in [-0.15, -0.1) is 0 Å². The first-order valence-electron chi connectivity index (χ1n) is 9.34. The van der Waals surface area contributed by atoms with E-state index >= 15 is 0 Å². The van der Waals surface area contributed by atoms with Gasteiger partial charge in [0.15, 0.2) is 5.78 Å². The number of fused-ring (bicyclic) bond motifs is 5. The molecule has 0 aromatic carbocycles. The van der Waals surface area contributed by atoms with E-state index in [2.05, 4.69) is 13.8 Å². The first kappa shape index (κ1) is 14.8. The highest BCUT2D eigenvalue weighted by molar-refractivity contribution is 5.96. The lowest BCUT2D eigenvalue weighted by Gasteiger charge is -2.59. The van der Waals surface area contributed by atoms with Crippen LogP contribution >= 0.6 is 0 Å². The minimum Gasteiger partial charge on any atom is -0.515 e. The van der Waals surface area contributed by atoms with E-state index in [1.807, 2.05) is 0 Å². The standard InChI is InChI=1S/C20H30O2/c1-19-8-3-4-16(19)15-6-5-14-10-18(22)13(12-21)11-20(14,2)17(15)7-9-19/h12,14-17,21H,3-11H2,1-2H3/b13-12-/t14-,15-,16-,17-,19-,20-/m0/s1. The van der Waals surface area contributed by atoms with Gasteiger partial charge in [0.2, 0.25) is 0 Å². The second kappa shape index (κ2) is 4.85. The van der Waals surface area contributed by atoms with Crippen LogP contribution in [0.3, 0.4) is 0 Å². The highest BCUT2D eigenvalue weighted by Crippen LogP contribution is 2.66. The van der Waals surface area contributed by atoms with Crippen LogP contribution in [0.2, 0.25) is 0 Å². The normalized spacial score (nSPS) is 53.0. The zero-order valence-electron chi connectivity index (χ0n) is 14.1. The minimum atomic E-state index is 0.199. The van der Waals surface area contributed by atoms with E-state index < -0.39 is 0 Å². The zero-order chi connectivity index (χ0) is 15.5. The van der Waals surface area contributed by atoms with Gasteiger partial charge in [0.05, 0.1) is 6.26 Å². The second-order valence-electron chi connectivity index (χ2n) is 9.20. The highest BCUT2D eigenvalue weighted by atomic mass is 16.2. The Hall–Kier alpha value is -0.790. The predicted octanol–water partition coefficient (Wildman–Crippen LogP) is 5.04. The molecule has 4 fully saturated rings. The molecule has 6 atom stereocenters. The van der Waals surface area contributed by atoms with Gasteiger partial charge >= 0.3 is 0 Å². The van der Waals surface area contributed by atoms with Crippen molar-refractivity contribution in [3.63, 3.8) is 0 Å². The lowest BCUT2D eigenvalue weighted by Crippen LogP contribution is -2.53. The van der Waals surface area contributed by atoms with Crippen LogP contribution < -0.4 is 0 Å². The molecule has 0 radical (unpaired) electrons. The molecule has 0 spiro atoms. The van der Waals surface area contributed by atoms with Gasteiger partial charge in [-0.1, -0.05) is 20.3 Å². The average Bonchev–Trinajstić information content (AvgIpc) is 2.89. The number of Topliss-reactive ketones (excluding diaryl/α,β-unsaturated/α-hetero) is 1. The van der Waals surface area contributed by atoms with Crippen LogP contribution in [-0.4, -0.2) is 10.9 Å². The van der Waals surface area contributed by atoms with Crippen molar-refractivity contribution >= 4 is 5.78 Å². The van der Waals surface area contributed by atoms with Gasteiger partial charge in [-0.2, -0.15) is 0 Å². The van der Waals surface area contributed by atoms with Crippen molar-refractivity contribution in [2.45, 2.75) is 71.6 Å².